The van der Waals surface area contributed by atoms with Crippen LogP contribution in [0.15, 0.2) is 55.1 Å². The summed E-state index contributed by atoms with van der Waals surface area (Å²) in [7, 11) is 0. The average molecular weight is 479 g/mol. The SMILES string of the molecule is Clc1ccc([C@H](Cn2ccnc2)OCc2c(Cl)cccc2Cl)c(Cl)c1.O=[N+]([O-])O. The summed E-state index contributed by atoms with van der Waals surface area (Å²) in [5, 5.41) is 15.9. The van der Waals surface area contributed by atoms with Gasteiger partial charge in [-0.25, -0.2) is 4.98 Å². The third kappa shape index (κ3) is 7.38. The van der Waals surface area contributed by atoms with Gasteiger partial charge in [0.05, 0.1) is 19.5 Å². The highest BCUT2D eigenvalue weighted by atomic mass is 35.5. The van der Waals surface area contributed by atoms with Crippen LogP contribution in [0.25, 0.3) is 0 Å². The largest absolute Gasteiger partial charge is 0.367 e. The molecule has 0 saturated carbocycles. The Labute approximate surface area is 186 Å². The highest BCUT2D eigenvalue weighted by molar-refractivity contribution is 6.36. The molecule has 0 radical (unpaired) electrons. The number of imidazole rings is 1. The monoisotopic (exact) mass is 477 g/mol. The summed E-state index contributed by atoms with van der Waals surface area (Å²) in [4.78, 5) is 12.4. The quantitative estimate of drug-likeness (QED) is 0.341. The van der Waals surface area contributed by atoms with Crippen molar-refractivity contribution < 1.29 is 15.0 Å². The molecule has 0 bridgehead atoms. The van der Waals surface area contributed by atoms with E-state index in [0.717, 1.165) is 11.1 Å². The topological polar surface area (TPSA) is 90.4 Å². The molecule has 1 heterocycles. The molecule has 0 fully saturated rings. The molecule has 2 aromatic carbocycles. The molecule has 3 aromatic rings. The Morgan fingerprint density at radius 3 is 2.34 bits per heavy atom. The molecule has 0 aliphatic rings. The molecule has 0 spiro atoms. The Morgan fingerprint density at radius 1 is 1.14 bits per heavy atom. The van der Waals surface area contributed by atoms with Gasteiger partial charge < -0.3 is 14.5 Å². The fourth-order valence-corrected chi connectivity index (χ4v) is 3.48. The second kappa shape index (κ2) is 11.2. The standard InChI is InChI=1S/C18H14Cl4N2O.HNO3/c19-12-4-5-13(17(22)8-12)18(9-24-7-6-23-11-24)25-10-14-15(20)2-1-3-16(14)21;2-1(3)4/h1-8,11,18H,9-10H2;(H,2,3,4)/t18-;/m0./s1. The molecule has 0 aliphatic heterocycles. The fourth-order valence-electron chi connectivity index (χ4n) is 2.44. The maximum absolute atomic E-state index is 8.36. The van der Waals surface area contributed by atoms with Crippen LogP contribution in [0.5, 0.6) is 0 Å². The number of hydrogen-bond acceptors (Lipinski definition) is 4. The van der Waals surface area contributed by atoms with E-state index in [2.05, 4.69) is 4.98 Å². The first-order valence-corrected chi connectivity index (χ1v) is 9.57. The van der Waals surface area contributed by atoms with Gasteiger partial charge in [0.2, 0.25) is 0 Å². The number of halogens is 4. The van der Waals surface area contributed by atoms with Crippen LogP contribution in [0, 0.1) is 10.1 Å². The average Bonchev–Trinajstić information content (AvgIpc) is 3.13. The summed E-state index contributed by atoms with van der Waals surface area (Å²) in [6.45, 7) is 0.806. The number of nitrogens with zero attached hydrogens (tertiary/aromatic N) is 3. The minimum Gasteiger partial charge on any atom is -0.367 e. The first-order valence-electron chi connectivity index (χ1n) is 8.06. The third-order valence-electron chi connectivity index (χ3n) is 3.74. The van der Waals surface area contributed by atoms with Crippen molar-refractivity contribution in [3.05, 3.63) is 96.5 Å². The van der Waals surface area contributed by atoms with Crippen LogP contribution in [-0.2, 0) is 17.9 Å². The number of ether oxygens (including phenoxy) is 1. The fraction of sp³-hybridized carbons (Fsp3) is 0.167. The lowest BCUT2D eigenvalue weighted by atomic mass is 10.1. The second-order valence-corrected chi connectivity index (χ2v) is 7.32. The molecule has 0 amide bonds. The van der Waals surface area contributed by atoms with Gasteiger partial charge >= 0.3 is 0 Å². The molecular weight excluding hydrogens is 464 g/mol. The van der Waals surface area contributed by atoms with E-state index in [0.29, 0.717) is 26.6 Å². The number of rotatable bonds is 6. The minimum atomic E-state index is -1.50. The van der Waals surface area contributed by atoms with Gasteiger partial charge in [0.1, 0.15) is 6.10 Å². The maximum atomic E-state index is 8.36. The number of benzene rings is 2. The number of hydrogen-bond donors (Lipinski definition) is 1. The molecule has 0 unspecified atom stereocenters. The first-order chi connectivity index (χ1) is 13.8. The van der Waals surface area contributed by atoms with Gasteiger partial charge in [-0.05, 0) is 24.3 Å². The lowest BCUT2D eigenvalue weighted by molar-refractivity contribution is -0.742. The van der Waals surface area contributed by atoms with Crippen molar-refractivity contribution in [2.75, 3.05) is 0 Å². The van der Waals surface area contributed by atoms with Crippen LogP contribution in [0.1, 0.15) is 17.2 Å². The Hall–Kier alpha value is -2.03. The van der Waals surface area contributed by atoms with Crippen LogP contribution < -0.4 is 0 Å². The van der Waals surface area contributed by atoms with Gasteiger partial charge in [0.25, 0.3) is 5.09 Å². The predicted octanol–water partition coefficient (Wildman–Crippen LogP) is 6.11. The molecule has 1 atom stereocenters. The third-order valence-corrected chi connectivity index (χ3v) is 5.01. The lowest BCUT2D eigenvalue weighted by Gasteiger charge is -2.21. The van der Waals surface area contributed by atoms with E-state index in [-0.39, 0.29) is 12.7 Å². The summed E-state index contributed by atoms with van der Waals surface area (Å²) >= 11 is 24.8. The minimum absolute atomic E-state index is 0.261. The van der Waals surface area contributed by atoms with Gasteiger partial charge in [0, 0.05) is 43.6 Å². The second-order valence-electron chi connectivity index (χ2n) is 5.66. The van der Waals surface area contributed by atoms with E-state index < -0.39 is 5.09 Å². The molecule has 0 saturated heterocycles. The van der Waals surface area contributed by atoms with Crippen LogP contribution in [0.4, 0.5) is 0 Å². The van der Waals surface area contributed by atoms with Gasteiger partial charge in [-0.15, -0.1) is 10.1 Å². The Morgan fingerprint density at radius 2 is 1.79 bits per heavy atom. The Balaban J connectivity index is 0.000000687. The smallest absolute Gasteiger partial charge is 0.291 e. The molecule has 7 nitrogen and oxygen atoms in total. The zero-order valence-electron chi connectivity index (χ0n) is 14.7. The van der Waals surface area contributed by atoms with Gasteiger partial charge in [-0.2, -0.15) is 0 Å². The first kappa shape index (κ1) is 23.3. The number of aromatic nitrogens is 2. The summed E-state index contributed by atoms with van der Waals surface area (Å²) in [6, 6.07) is 10.7. The van der Waals surface area contributed by atoms with E-state index in [1.165, 1.54) is 0 Å². The van der Waals surface area contributed by atoms with E-state index in [1.54, 1.807) is 42.9 Å². The molecule has 1 aromatic heterocycles. The normalized spacial score (nSPS) is 11.4. The van der Waals surface area contributed by atoms with Crippen molar-refractivity contribution in [2.24, 2.45) is 0 Å². The zero-order valence-corrected chi connectivity index (χ0v) is 17.7. The van der Waals surface area contributed by atoms with Gasteiger partial charge in [-0.1, -0.05) is 58.5 Å². The summed E-state index contributed by atoms with van der Waals surface area (Å²) < 4.78 is 8.05. The highest BCUT2D eigenvalue weighted by Crippen LogP contribution is 2.32. The van der Waals surface area contributed by atoms with Crippen LogP contribution >= 0.6 is 46.4 Å². The van der Waals surface area contributed by atoms with Crippen molar-refractivity contribution in [1.29, 1.82) is 0 Å². The molecule has 1 N–H and O–H groups in total. The summed E-state index contributed by atoms with van der Waals surface area (Å²) in [5.74, 6) is 0. The zero-order chi connectivity index (χ0) is 21.4. The summed E-state index contributed by atoms with van der Waals surface area (Å²) in [5.41, 5.74) is 1.58. The highest BCUT2D eigenvalue weighted by Gasteiger charge is 2.18. The van der Waals surface area contributed by atoms with E-state index in [9.17, 15) is 0 Å². The van der Waals surface area contributed by atoms with Crippen LogP contribution in [-0.4, -0.2) is 19.8 Å². The van der Waals surface area contributed by atoms with Crippen LogP contribution in [0.3, 0.4) is 0 Å². The van der Waals surface area contributed by atoms with E-state index in [1.807, 2.05) is 16.8 Å². The van der Waals surface area contributed by atoms with Crippen molar-refractivity contribution in [3.8, 4) is 0 Å². The molecule has 3 rings (SSSR count). The molecule has 154 valence electrons. The predicted molar refractivity (Wildman–Crippen MR) is 111 cm³/mol. The van der Waals surface area contributed by atoms with E-state index in [4.69, 9.17) is 66.5 Å². The molecule has 29 heavy (non-hydrogen) atoms. The van der Waals surface area contributed by atoms with Crippen molar-refractivity contribution >= 4 is 46.4 Å². The van der Waals surface area contributed by atoms with Crippen molar-refractivity contribution in [3.63, 3.8) is 0 Å². The van der Waals surface area contributed by atoms with Gasteiger partial charge in [-0.3, -0.25) is 0 Å². The Bertz CT molecular complexity index is 930. The molecular formula is C18H15Cl4N3O4. The maximum Gasteiger partial charge on any atom is 0.291 e. The Kier molecular flexibility index (Phi) is 9.00. The molecule has 0 aliphatic carbocycles. The van der Waals surface area contributed by atoms with Crippen molar-refractivity contribution in [2.45, 2.75) is 19.3 Å². The lowest BCUT2D eigenvalue weighted by Crippen LogP contribution is -2.13. The van der Waals surface area contributed by atoms with Gasteiger partial charge in [0.15, 0.2) is 0 Å². The van der Waals surface area contributed by atoms with Crippen LogP contribution in [0.2, 0.25) is 20.1 Å². The van der Waals surface area contributed by atoms with Crippen molar-refractivity contribution in [1.82, 2.24) is 9.55 Å². The van der Waals surface area contributed by atoms with E-state index >= 15 is 0 Å². The molecule has 11 heteroatoms. The summed E-state index contributed by atoms with van der Waals surface area (Å²) in [6.07, 6.45) is 4.99.